The van der Waals surface area contributed by atoms with E-state index < -0.39 is 30.1 Å². The first-order chi connectivity index (χ1) is 13.6. The summed E-state index contributed by atoms with van der Waals surface area (Å²) in [6, 6.07) is 4.36. The zero-order chi connectivity index (χ0) is 22.1. The molecule has 1 aromatic rings. The number of carbonyl (C=O) groups is 3. The summed E-state index contributed by atoms with van der Waals surface area (Å²) in [5.74, 6) is -1.49. The third kappa shape index (κ3) is 7.56. The van der Waals surface area contributed by atoms with E-state index in [1.54, 1.807) is 26.0 Å². The molecular formula is C21H31N3O5. The van der Waals surface area contributed by atoms with Crippen LogP contribution in [0.5, 0.6) is 5.75 Å². The molecule has 1 aromatic carbocycles. The van der Waals surface area contributed by atoms with Gasteiger partial charge in [0.05, 0.1) is 5.56 Å². The number of hydrogen-bond acceptors (Lipinski definition) is 6. The van der Waals surface area contributed by atoms with E-state index in [1.807, 2.05) is 13.8 Å². The molecule has 0 aliphatic heterocycles. The third-order valence-corrected chi connectivity index (χ3v) is 4.32. The molecule has 1 rings (SSSR count). The molecule has 0 radical (unpaired) electrons. The molecule has 0 aromatic heterocycles. The summed E-state index contributed by atoms with van der Waals surface area (Å²) in [5, 5.41) is 23.1. The molecule has 0 aliphatic rings. The number of phenolic OH excluding ortho intramolecular Hbond substituents is 1. The number of esters is 1. The molecular weight excluding hydrogens is 374 g/mol. The fraction of sp³-hybridized carbons (Fsp3) is 0.524. The van der Waals surface area contributed by atoms with Crippen LogP contribution in [-0.2, 0) is 14.3 Å². The molecule has 0 spiro atoms. The Balaban J connectivity index is 2.89. The molecule has 2 amide bonds. The van der Waals surface area contributed by atoms with Gasteiger partial charge in [-0.2, -0.15) is 0 Å². The van der Waals surface area contributed by atoms with Crippen molar-refractivity contribution < 1.29 is 24.2 Å². The van der Waals surface area contributed by atoms with Crippen LogP contribution in [0.25, 0.3) is 0 Å². The fourth-order valence-electron chi connectivity index (χ4n) is 2.78. The average Bonchev–Trinajstić information content (AvgIpc) is 2.64. The van der Waals surface area contributed by atoms with Gasteiger partial charge in [-0.15, -0.1) is 0 Å². The highest BCUT2D eigenvalue weighted by molar-refractivity contribution is 6.00. The number of carbonyl (C=O) groups excluding carboxylic acids is 3. The van der Waals surface area contributed by atoms with Crippen LogP contribution >= 0.6 is 0 Å². The summed E-state index contributed by atoms with van der Waals surface area (Å²) in [6.07, 6.45) is -0.186. The van der Waals surface area contributed by atoms with Gasteiger partial charge < -0.3 is 25.9 Å². The van der Waals surface area contributed by atoms with Crippen LogP contribution in [0, 0.1) is 11.3 Å². The summed E-state index contributed by atoms with van der Waals surface area (Å²) in [7, 11) is 0. The van der Waals surface area contributed by atoms with Crippen molar-refractivity contribution in [2.45, 2.75) is 65.6 Å². The van der Waals surface area contributed by atoms with E-state index >= 15 is 0 Å². The van der Waals surface area contributed by atoms with Crippen molar-refractivity contribution in [2.75, 3.05) is 0 Å². The summed E-state index contributed by atoms with van der Waals surface area (Å²) in [4.78, 5) is 36.8. The van der Waals surface area contributed by atoms with Crippen LogP contribution < -0.4 is 10.6 Å². The van der Waals surface area contributed by atoms with Gasteiger partial charge in [-0.3, -0.25) is 9.59 Å². The predicted octanol–water partition coefficient (Wildman–Crippen LogP) is 2.40. The zero-order valence-electron chi connectivity index (χ0n) is 17.6. The van der Waals surface area contributed by atoms with Crippen LogP contribution in [0.4, 0.5) is 0 Å². The monoisotopic (exact) mass is 405 g/mol. The van der Waals surface area contributed by atoms with Crippen molar-refractivity contribution in [1.82, 2.24) is 10.6 Å². The van der Waals surface area contributed by atoms with E-state index in [9.17, 15) is 19.5 Å². The highest BCUT2D eigenvalue weighted by Gasteiger charge is 2.30. The second-order valence-electron chi connectivity index (χ2n) is 7.40. The van der Waals surface area contributed by atoms with Crippen LogP contribution in [0.1, 0.15) is 57.8 Å². The fourth-order valence-corrected chi connectivity index (χ4v) is 2.78. The van der Waals surface area contributed by atoms with Gasteiger partial charge in [-0.1, -0.05) is 32.9 Å². The number of phenols is 1. The molecule has 8 nitrogen and oxygen atoms in total. The van der Waals surface area contributed by atoms with Crippen molar-refractivity contribution in [1.29, 1.82) is 5.41 Å². The number of ether oxygens (including phenoxy) is 1. The number of amides is 2. The maximum absolute atomic E-state index is 12.6. The maximum atomic E-state index is 12.6. The standard InChI is InChI=1S/C21H31N3O5/c1-6-18(26)23-16(11-12(2)3)21(28)29-14(5)19(13(4)22)24-20(27)15-9-7-8-10-17(15)25/h7-10,12,14,16,19,22,25H,6,11H2,1-5H3,(H,23,26)(H,24,27). The van der Waals surface area contributed by atoms with Gasteiger partial charge in [-0.05, 0) is 38.3 Å². The Kier molecular flexibility index (Phi) is 9.31. The second kappa shape index (κ2) is 11.2. The van der Waals surface area contributed by atoms with Crippen LogP contribution in [0.3, 0.4) is 0 Å². The van der Waals surface area contributed by atoms with Gasteiger partial charge in [0.25, 0.3) is 5.91 Å². The first-order valence-electron chi connectivity index (χ1n) is 9.70. The second-order valence-corrected chi connectivity index (χ2v) is 7.40. The molecule has 3 atom stereocenters. The minimum absolute atomic E-state index is 0.0603. The predicted molar refractivity (Wildman–Crippen MR) is 110 cm³/mol. The summed E-state index contributed by atoms with van der Waals surface area (Å²) >= 11 is 0. The SMILES string of the molecule is CCC(=O)NC(CC(C)C)C(=O)OC(C)C(NC(=O)c1ccccc1O)C(C)=N. The number of para-hydroxylation sites is 1. The highest BCUT2D eigenvalue weighted by Crippen LogP contribution is 2.16. The molecule has 0 bridgehead atoms. The molecule has 0 heterocycles. The Morgan fingerprint density at radius 3 is 2.28 bits per heavy atom. The van der Waals surface area contributed by atoms with Crippen molar-refractivity contribution in [2.24, 2.45) is 5.92 Å². The van der Waals surface area contributed by atoms with Crippen molar-refractivity contribution in [3.63, 3.8) is 0 Å². The minimum atomic E-state index is -0.882. The van der Waals surface area contributed by atoms with Crippen LogP contribution in [-0.4, -0.2) is 46.8 Å². The molecule has 0 saturated heterocycles. The smallest absolute Gasteiger partial charge is 0.328 e. The van der Waals surface area contributed by atoms with E-state index in [4.69, 9.17) is 10.1 Å². The van der Waals surface area contributed by atoms with E-state index in [0.717, 1.165) is 0 Å². The minimum Gasteiger partial charge on any atom is -0.507 e. The van der Waals surface area contributed by atoms with Gasteiger partial charge >= 0.3 is 5.97 Å². The van der Waals surface area contributed by atoms with Gasteiger partial charge in [-0.25, -0.2) is 4.79 Å². The zero-order valence-corrected chi connectivity index (χ0v) is 17.6. The van der Waals surface area contributed by atoms with Gasteiger partial charge in [0.2, 0.25) is 5.91 Å². The molecule has 0 saturated carbocycles. The molecule has 4 N–H and O–H groups in total. The van der Waals surface area contributed by atoms with Crippen molar-refractivity contribution >= 4 is 23.5 Å². The largest absolute Gasteiger partial charge is 0.507 e. The first kappa shape index (κ1) is 24.1. The third-order valence-electron chi connectivity index (χ3n) is 4.32. The molecule has 8 heteroatoms. The normalized spacial score (nSPS) is 13.9. The quantitative estimate of drug-likeness (QED) is 0.351. The van der Waals surface area contributed by atoms with Gasteiger partial charge in [0, 0.05) is 12.1 Å². The highest BCUT2D eigenvalue weighted by atomic mass is 16.5. The topological polar surface area (TPSA) is 129 Å². The van der Waals surface area contributed by atoms with Crippen LogP contribution in [0.15, 0.2) is 24.3 Å². The molecule has 160 valence electrons. The van der Waals surface area contributed by atoms with Crippen LogP contribution in [0.2, 0.25) is 0 Å². The van der Waals surface area contributed by atoms with Gasteiger partial charge in [0.1, 0.15) is 23.9 Å². The van der Waals surface area contributed by atoms with E-state index in [0.29, 0.717) is 6.42 Å². The summed E-state index contributed by atoms with van der Waals surface area (Å²) < 4.78 is 5.48. The van der Waals surface area contributed by atoms with E-state index in [1.165, 1.54) is 19.1 Å². The number of aromatic hydroxyl groups is 1. The molecule has 0 fully saturated rings. The average molecular weight is 405 g/mol. The van der Waals surface area contributed by atoms with Gasteiger partial charge in [0.15, 0.2) is 0 Å². The summed E-state index contributed by atoms with van der Waals surface area (Å²) in [5.41, 5.74) is 0.150. The van der Waals surface area contributed by atoms with E-state index in [-0.39, 0.29) is 35.3 Å². The van der Waals surface area contributed by atoms with E-state index in [2.05, 4.69) is 10.6 Å². The van der Waals surface area contributed by atoms with Crippen molar-refractivity contribution in [3.8, 4) is 5.75 Å². The molecule has 29 heavy (non-hydrogen) atoms. The Bertz CT molecular complexity index is 748. The Labute approximate surface area is 171 Å². The molecule has 0 aliphatic carbocycles. The maximum Gasteiger partial charge on any atom is 0.328 e. The number of rotatable bonds is 10. The Morgan fingerprint density at radius 1 is 1.14 bits per heavy atom. The lowest BCUT2D eigenvalue weighted by Gasteiger charge is -2.27. The van der Waals surface area contributed by atoms with Crippen molar-refractivity contribution in [3.05, 3.63) is 29.8 Å². The number of hydrogen-bond donors (Lipinski definition) is 4. The lowest BCUT2D eigenvalue weighted by molar-refractivity contribution is -0.153. The summed E-state index contributed by atoms with van der Waals surface area (Å²) in [6.45, 7) is 8.61. The Hall–Kier alpha value is -2.90. The number of nitrogens with one attached hydrogen (secondary N) is 3. The first-order valence-corrected chi connectivity index (χ1v) is 9.70. The Morgan fingerprint density at radius 2 is 1.76 bits per heavy atom. The lowest BCUT2D eigenvalue weighted by atomic mass is 10.0. The lowest BCUT2D eigenvalue weighted by Crippen LogP contribution is -2.50. The molecule has 3 unspecified atom stereocenters. The number of benzene rings is 1.